The Morgan fingerprint density at radius 3 is 2.64 bits per heavy atom. The molecule has 25 heavy (non-hydrogen) atoms. The highest BCUT2D eigenvalue weighted by Crippen LogP contribution is 2.25. The third kappa shape index (κ3) is 4.39. The molecule has 5 nitrogen and oxygen atoms in total. The van der Waals surface area contributed by atoms with Crippen molar-refractivity contribution in [2.75, 3.05) is 24.7 Å². The average Bonchev–Trinajstić information content (AvgIpc) is 2.55. The highest BCUT2D eigenvalue weighted by molar-refractivity contribution is 7.90. The second kappa shape index (κ2) is 7.15. The van der Waals surface area contributed by atoms with Crippen LogP contribution >= 0.6 is 11.6 Å². The number of anilines is 1. The number of benzene rings is 2. The van der Waals surface area contributed by atoms with Crippen LogP contribution in [-0.4, -0.2) is 38.6 Å². The Bertz CT molecular complexity index is 912. The van der Waals surface area contributed by atoms with Crippen molar-refractivity contribution < 1.29 is 13.2 Å². The predicted octanol–water partition coefficient (Wildman–Crippen LogP) is 2.74. The molecule has 0 radical (unpaired) electrons. The first-order chi connectivity index (χ1) is 11.8. The van der Waals surface area contributed by atoms with Crippen LogP contribution in [0.2, 0.25) is 5.02 Å². The minimum absolute atomic E-state index is 0.124. The van der Waals surface area contributed by atoms with E-state index in [0.717, 1.165) is 25.8 Å². The minimum atomic E-state index is -3.36. The van der Waals surface area contributed by atoms with Gasteiger partial charge in [0.05, 0.1) is 22.2 Å². The molecule has 1 heterocycles. The van der Waals surface area contributed by atoms with Gasteiger partial charge in [-0.05, 0) is 35.7 Å². The van der Waals surface area contributed by atoms with Gasteiger partial charge in [-0.25, -0.2) is 8.42 Å². The lowest BCUT2D eigenvalue weighted by Gasteiger charge is -2.28. The SMILES string of the molecule is CS(=O)(=O)c1ccc(Cl)c(NC(=O)CN2CCc3ccccc3C2)c1. The van der Waals surface area contributed by atoms with E-state index in [-0.39, 0.29) is 17.3 Å². The van der Waals surface area contributed by atoms with Gasteiger partial charge in [-0.2, -0.15) is 0 Å². The van der Waals surface area contributed by atoms with Gasteiger partial charge >= 0.3 is 0 Å². The zero-order chi connectivity index (χ0) is 18.0. The van der Waals surface area contributed by atoms with Crippen molar-refractivity contribution in [3.05, 3.63) is 58.6 Å². The lowest BCUT2D eigenvalue weighted by atomic mass is 10.00. The molecule has 0 atom stereocenters. The molecule has 1 amide bonds. The molecule has 1 aliphatic heterocycles. The van der Waals surface area contributed by atoms with Gasteiger partial charge in [0.15, 0.2) is 9.84 Å². The Morgan fingerprint density at radius 2 is 1.92 bits per heavy atom. The summed E-state index contributed by atoms with van der Waals surface area (Å²) in [5.74, 6) is -0.216. The molecule has 132 valence electrons. The first-order valence-corrected chi connectivity index (χ1v) is 10.2. The van der Waals surface area contributed by atoms with E-state index < -0.39 is 9.84 Å². The number of amides is 1. The van der Waals surface area contributed by atoms with Crippen LogP contribution in [-0.2, 0) is 27.6 Å². The quantitative estimate of drug-likeness (QED) is 0.888. The van der Waals surface area contributed by atoms with Crippen LogP contribution in [0.25, 0.3) is 0 Å². The van der Waals surface area contributed by atoms with Gasteiger partial charge in [0, 0.05) is 19.3 Å². The lowest BCUT2D eigenvalue weighted by molar-refractivity contribution is -0.117. The summed E-state index contributed by atoms with van der Waals surface area (Å²) in [6, 6.07) is 12.5. The molecule has 7 heteroatoms. The summed E-state index contributed by atoms with van der Waals surface area (Å²) in [5.41, 5.74) is 2.87. The fraction of sp³-hybridized carbons (Fsp3) is 0.278. The largest absolute Gasteiger partial charge is 0.324 e. The summed E-state index contributed by atoms with van der Waals surface area (Å²) >= 11 is 6.08. The zero-order valence-electron chi connectivity index (χ0n) is 13.8. The highest BCUT2D eigenvalue weighted by atomic mass is 35.5. The van der Waals surface area contributed by atoms with E-state index in [1.54, 1.807) is 0 Å². The Morgan fingerprint density at radius 1 is 1.20 bits per heavy atom. The van der Waals surface area contributed by atoms with E-state index in [1.807, 2.05) is 12.1 Å². The molecular weight excluding hydrogens is 360 g/mol. The van der Waals surface area contributed by atoms with Crippen molar-refractivity contribution in [2.45, 2.75) is 17.9 Å². The number of carbonyl (C=O) groups is 1. The van der Waals surface area contributed by atoms with Crippen molar-refractivity contribution in [2.24, 2.45) is 0 Å². The summed E-state index contributed by atoms with van der Waals surface area (Å²) in [5, 5.41) is 3.03. The number of hydrogen-bond donors (Lipinski definition) is 1. The van der Waals surface area contributed by atoms with Crippen molar-refractivity contribution in [1.82, 2.24) is 4.90 Å². The molecule has 1 aliphatic rings. The fourth-order valence-corrected chi connectivity index (χ4v) is 3.72. The van der Waals surface area contributed by atoms with Crippen LogP contribution in [0.5, 0.6) is 0 Å². The van der Waals surface area contributed by atoms with Crippen LogP contribution in [0, 0.1) is 0 Å². The number of rotatable bonds is 4. The topological polar surface area (TPSA) is 66.5 Å². The number of nitrogens with zero attached hydrogens (tertiary/aromatic N) is 1. The first kappa shape index (κ1) is 17.9. The van der Waals surface area contributed by atoms with Crippen LogP contribution in [0.1, 0.15) is 11.1 Å². The van der Waals surface area contributed by atoms with Crippen LogP contribution in [0.15, 0.2) is 47.4 Å². The van der Waals surface area contributed by atoms with Gasteiger partial charge in [-0.15, -0.1) is 0 Å². The van der Waals surface area contributed by atoms with Gasteiger partial charge in [-0.1, -0.05) is 35.9 Å². The molecule has 0 fully saturated rings. The highest BCUT2D eigenvalue weighted by Gasteiger charge is 2.19. The maximum absolute atomic E-state index is 12.3. The third-order valence-corrected chi connectivity index (χ3v) is 5.66. The van der Waals surface area contributed by atoms with Crippen molar-refractivity contribution in [3.8, 4) is 0 Å². The molecule has 0 aromatic heterocycles. The molecule has 0 saturated carbocycles. The molecule has 0 saturated heterocycles. The molecule has 0 spiro atoms. The standard InChI is InChI=1S/C18H19ClN2O3S/c1-25(23,24)15-6-7-16(19)17(10-15)20-18(22)12-21-9-8-13-4-2-3-5-14(13)11-21/h2-7,10H,8-9,11-12H2,1H3,(H,20,22). The molecule has 0 aliphatic carbocycles. The number of fused-ring (bicyclic) bond motifs is 1. The predicted molar refractivity (Wildman–Crippen MR) is 98.6 cm³/mol. The van der Waals surface area contributed by atoms with E-state index in [2.05, 4.69) is 22.3 Å². The van der Waals surface area contributed by atoms with E-state index in [1.165, 1.54) is 29.3 Å². The van der Waals surface area contributed by atoms with E-state index in [0.29, 0.717) is 10.7 Å². The second-order valence-electron chi connectivity index (χ2n) is 6.19. The molecule has 2 aromatic carbocycles. The molecule has 0 bridgehead atoms. The summed E-state index contributed by atoms with van der Waals surface area (Å²) < 4.78 is 23.3. The Labute approximate surface area is 152 Å². The monoisotopic (exact) mass is 378 g/mol. The van der Waals surface area contributed by atoms with Gasteiger partial charge in [0.25, 0.3) is 0 Å². The molecule has 3 rings (SSSR count). The maximum atomic E-state index is 12.3. The van der Waals surface area contributed by atoms with Gasteiger partial charge in [0.1, 0.15) is 0 Å². The first-order valence-electron chi connectivity index (χ1n) is 7.91. The van der Waals surface area contributed by atoms with Crippen molar-refractivity contribution >= 4 is 33.0 Å². The molecular formula is C18H19ClN2O3S. The van der Waals surface area contributed by atoms with Crippen molar-refractivity contribution in [1.29, 1.82) is 0 Å². The Kier molecular flexibility index (Phi) is 5.13. The average molecular weight is 379 g/mol. The third-order valence-electron chi connectivity index (χ3n) is 4.22. The fourth-order valence-electron chi connectivity index (χ4n) is 2.91. The van der Waals surface area contributed by atoms with Crippen LogP contribution in [0.3, 0.4) is 0 Å². The number of halogens is 1. The van der Waals surface area contributed by atoms with Gasteiger partial charge < -0.3 is 5.32 Å². The molecule has 2 aromatic rings. The Hall–Kier alpha value is -1.89. The number of hydrogen-bond acceptors (Lipinski definition) is 4. The van der Waals surface area contributed by atoms with E-state index >= 15 is 0 Å². The second-order valence-corrected chi connectivity index (χ2v) is 8.61. The summed E-state index contributed by atoms with van der Waals surface area (Å²) in [7, 11) is -3.36. The minimum Gasteiger partial charge on any atom is -0.324 e. The zero-order valence-corrected chi connectivity index (χ0v) is 15.4. The van der Waals surface area contributed by atoms with E-state index in [4.69, 9.17) is 11.6 Å². The number of carbonyl (C=O) groups excluding carboxylic acids is 1. The van der Waals surface area contributed by atoms with Crippen LogP contribution in [0.4, 0.5) is 5.69 Å². The lowest BCUT2D eigenvalue weighted by Crippen LogP contribution is -2.37. The number of sulfone groups is 1. The van der Waals surface area contributed by atoms with Crippen LogP contribution < -0.4 is 5.32 Å². The normalized spacial score (nSPS) is 14.8. The van der Waals surface area contributed by atoms with E-state index in [9.17, 15) is 13.2 Å². The van der Waals surface area contributed by atoms with Gasteiger partial charge in [0.2, 0.25) is 5.91 Å². The maximum Gasteiger partial charge on any atom is 0.238 e. The Balaban J connectivity index is 1.68. The number of nitrogens with one attached hydrogen (secondary N) is 1. The smallest absolute Gasteiger partial charge is 0.238 e. The van der Waals surface area contributed by atoms with Gasteiger partial charge in [-0.3, -0.25) is 9.69 Å². The molecule has 1 N–H and O–H groups in total. The summed E-state index contributed by atoms with van der Waals surface area (Å²) in [6.07, 6.45) is 2.03. The van der Waals surface area contributed by atoms with Crippen molar-refractivity contribution in [3.63, 3.8) is 0 Å². The summed E-state index contributed by atoms with van der Waals surface area (Å²) in [6.45, 7) is 1.76. The summed E-state index contributed by atoms with van der Waals surface area (Å²) in [4.78, 5) is 14.5. The molecule has 0 unspecified atom stereocenters.